The Kier molecular flexibility index (Phi) is 5.41. The summed E-state index contributed by atoms with van der Waals surface area (Å²) in [6, 6.07) is 6.57. The second-order valence-electron chi connectivity index (χ2n) is 6.70. The third-order valence-electron chi connectivity index (χ3n) is 4.73. The molecule has 0 amide bonds. The van der Waals surface area contributed by atoms with Crippen LogP contribution in [0, 0.1) is 12.8 Å². The molecule has 3 rings (SSSR count). The van der Waals surface area contributed by atoms with Crippen LogP contribution < -0.4 is 5.32 Å². The Morgan fingerprint density at radius 1 is 1.46 bits per heavy atom. The van der Waals surface area contributed by atoms with Crippen molar-refractivity contribution in [2.24, 2.45) is 10.9 Å². The Balaban J connectivity index is 1.53. The van der Waals surface area contributed by atoms with Crippen LogP contribution in [-0.4, -0.2) is 56.2 Å². The summed E-state index contributed by atoms with van der Waals surface area (Å²) >= 11 is 0. The summed E-state index contributed by atoms with van der Waals surface area (Å²) in [6.07, 6.45) is 4.24. The Bertz CT molecular complexity index is 700. The van der Waals surface area contributed by atoms with Crippen molar-refractivity contribution in [3.05, 3.63) is 35.5 Å². The van der Waals surface area contributed by atoms with Crippen LogP contribution in [0.3, 0.4) is 0 Å². The van der Waals surface area contributed by atoms with Crippen LogP contribution in [0.4, 0.5) is 0 Å². The second kappa shape index (κ2) is 7.71. The number of hydrogen-bond donors (Lipinski definition) is 2. The molecular weight excluding hydrogens is 300 g/mol. The highest BCUT2D eigenvalue weighted by atomic mass is 16.5. The molecule has 1 aromatic heterocycles. The maximum Gasteiger partial charge on any atom is 0.193 e. The highest BCUT2D eigenvalue weighted by molar-refractivity contribution is 5.84. The van der Waals surface area contributed by atoms with Gasteiger partial charge < -0.3 is 19.9 Å². The number of nitrogens with zero attached hydrogens (tertiary/aromatic N) is 2. The van der Waals surface area contributed by atoms with Crippen molar-refractivity contribution in [3.8, 4) is 0 Å². The maximum absolute atomic E-state index is 5.46. The van der Waals surface area contributed by atoms with Crippen molar-refractivity contribution in [3.63, 3.8) is 0 Å². The van der Waals surface area contributed by atoms with Gasteiger partial charge in [-0.1, -0.05) is 12.1 Å². The summed E-state index contributed by atoms with van der Waals surface area (Å²) in [5, 5.41) is 4.79. The van der Waals surface area contributed by atoms with Crippen LogP contribution in [0.2, 0.25) is 0 Å². The Morgan fingerprint density at radius 2 is 2.33 bits per heavy atom. The zero-order valence-corrected chi connectivity index (χ0v) is 14.9. The molecular formula is C19H28N4O. The van der Waals surface area contributed by atoms with Crippen LogP contribution in [0.25, 0.3) is 10.9 Å². The topological polar surface area (TPSA) is 52.7 Å². The predicted molar refractivity (Wildman–Crippen MR) is 99.7 cm³/mol. The number of nitrogens with one attached hydrogen (secondary N) is 2. The van der Waals surface area contributed by atoms with E-state index >= 15 is 0 Å². The lowest BCUT2D eigenvalue weighted by Gasteiger charge is -2.24. The molecule has 1 aliphatic rings. The fraction of sp³-hybridized carbons (Fsp3) is 0.526. The number of aromatic nitrogens is 1. The van der Waals surface area contributed by atoms with Crippen LogP contribution in [0.1, 0.15) is 17.5 Å². The minimum absolute atomic E-state index is 0.616. The second-order valence-corrected chi connectivity index (χ2v) is 6.70. The van der Waals surface area contributed by atoms with E-state index in [-0.39, 0.29) is 0 Å². The van der Waals surface area contributed by atoms with Gasteiger partial charge in [-0.15, -0.1) is 0 Å². The summed E-state index contributed by atoms with van der Waals surface area (Å²) in [5.41, 5.74) is 3.85. The summed E-state index contributed by atoms with van der Waals surface area (Å²) in [7, 11) is 3.95. The van der Waals surface area contributed by atoms with E-state index < -0.39 is 0 Å². The molecule has 24 heavy (non-hydrogen) atoms. The molecule has 1 saturated heterocycles. The molecule has 0 aliphatic carbocycles. The van der Waals surface area contributed by atoms with Gasteiger partial charge in [0.25, 0.3) is 0 Å². The minimum atomic E-state index is 0.616. The standard InChI is InChI=1S/C19H28N4O/c1-14-4-5-17-16(11-22-18(17)10-14)6-8-21-19(20-2)23(3)12-15-7-9-24-13-15/h4-5,10-11,15,22H,6-9,12-13H2,1-3H3,(H,20,21). The molecule has 2 heterocycles. The number of aromatic amines is 1. The summed E-state index contributed by atoms with van der Waals surface area (Å²) in [6.45, 7) is 5.75. The molecule has 0 radical (unpaired) electrons. The van der Waals surface area contributed by atoms with Gasteiger partial charge in [0.05, 0.1) is 6.61 Å². The van der Waals surface area contributed by atoms with Crippen molar-refractivity contribution < 1.29 is 4.74 Å². The minimum Gasteiger partial charge on any atom is -0.381 e. The number of hydrogen-bond acceptors (Lipinski definition) is 2. The molecule has 1 aromatic carbocycles. The van der Waals surface area contributed by atoms with Crippen LogP contribution in [0.5, 0.6) is 0 Å². The summed E-state index contributed by atoms with van der Waals surface area (Å²) < 4.78 is 5.46. The van der Waals surface area contributed by atoms with Crippen molar-refractivity contribution in [2.75, 3.05) is 40.4 Å². The van der Waals surface area contributed by atoms with Gasteiger partial charge in [0, 0.05) is 56.8 Å². The summed E-state index contributed by atoms with van der Waals surface area (Å²) in [4.78, 5) is 9.98. The van der Waals surface area contributed by atoms with E-state index in [0.717, 1.165) is 45.1 Å². The molecule has 5 heteroatoms. The van der Waals surface area contributed by atoms with Crippen LogP contribution >= 0.6 is 0 Å². The number of aryl methyl sites for hydroxylation is 1. The van der Waals surface area contributed by atoms with E-state index in [0.29, 0.717) is 5.92 Å². The number of aliphatic imine (C=N–C) groups is 1. The average Bonchev–Trinajstić information content (AvgIpc) is 3.21. The lowest BCUT2D eigenvalue weighted by molar-refractivity contribution is 0.181. The first-order valence-electron chi connectivity index (χ1n) is 8.73. The average molecular weight is 328 g/mol. The normalized spacial score (nSPS) is 18.3. The highest BCUT2D eigenvalue weighted by Crippen LogP contribution is 2.19. The molecule has 1 fully saturated rings. The molecule has 2 aromatic rings. The van der Waals surface area contributed by atoms with Crippen LogP contribution in [0.15, 0.2) is 29.4 Å². The highest BCUT2D eigenvalue weighted by Gasteiger charge is 2.19. The zero-order valence-electron chi connectivity index (χ0n) is 14.9. The Labute approximate surface area is 144 Å². The molecule has 2 N–H and O–H groups in total. The summed E-state index contributed by atoms with van der Waals surface area (Å²) in [5.74, 6) is 1.57. The molecule has 130 valence electrons. The van der Waals surface area contributed by atoms with Crippen molar-refractivity contribution in [2.45, 2.75) is 19.8 Å². The first-order valence-corrected chi connectivity index (χ1v) is 8.73. The van der Waals surface area contributed by atoms with Gasteiger partial charge in [-0.3, -0.25) is 4.99 Å². The fourth-order valence-corrected chi connectivity index (χ4v) is 3.40. The first-order chi connectivity index (χ1) is 11.7. The largest absolute Gasteiger partial charge is 0.381 e. The lowest BCUT2D eigenvalue weighted by atomic mass is 10.1. The van der Waals surface area contributed by atoms with E-state index in [4.69, 9.17) is 4.74 Å². The van der Waals surface area contributed by atoms with E-state index in [1.54, 1.807) is 0 Å². The molecule has 1 atom stereocenters. The van der Waals surface area contributed by atoms with Crippen molar-refractivity contribution in [1.82, 2.24) is 15.2 Å². The third-order valence-corrected chi connectivity index (χ3v) is 4.73. The van der Waals surface area contributed by atoms with E-state index in [9.17, 15) is 0 Å². The van der Waals surface area contributed by atoms with Gasteiger partial charge in [-0.05, 0) is 37.0 Å². The monoisotopic (exact) mass is 328 g/mol. The van der Waals surface area contributed by atoms with E-state index in [1.807, 2.05) is 7.05 Å². The molecule has 0 bridgehead atoms. The fourth-order valence-electron chi connectivity index (χ4n) is 3.40. The molecule has 0 spiro atoms. The van der Waals surface area contributed by atoms with Crippen molar-refractivity contribution in [1.29, 1.82) is 0 Å². The van der Waals surface area contributed by atoms with Gasteiger partial charge in [-0.25, -0.2) is 0 Å². The van der Waals surface area contributed by atoms with Gasteiger partial charge in [0.15, 0.2) is 5.96 Å². The van der Waals surface area contributed by atoms with Crippen LogP contribution in [-0.2, 0) is 11.2 Å². The number of fused-ring (bicyclic) bond motifs is 1. The predicted octanol–water partition coefficient (Wildman–Crippen LogP) is 2.56. The molecule has 1 unspecified atom stereocenters. The van der Waals surface area contributed by atoms with Crippen molar-refractivity contribution >= 4 is 16.9 Å². The van der Waals surface area contributed by atoms with Gasteiger partial charge in [0.2, 0.25) is 0 Å². The molecule has 0 saturated carbocycles. The molecule has 5 nitrogen and oxygen atoms in total. The quantitative estimate of drug-likeness (QED) is 0.655. The third kappa shape index (κ3) is 3.90. The van der Waals surface area contributed by atoms with Gasteiger partial charge >= 0.3 is 0 Å². The van der Waals surface area contributed by atoms with Gasteiger partial charge in [0.1, 0.15) is 0 Å². The Hall–Kier alpha value is -2.01. The number of ether oxygens (including phenoxy) is 1. The maximum atomic E-state index is 5.46. The number of guanidine groups is 1. The molecule has 1 aliphatic heterocycles. The lowest BCUT2D eigenvalue weighted by Crippen LogP contribution is -2.42. The zero-order chi connectivity index (χ0) is 16.9. The number of benzene rings is 1. The Morgan fingerprint density at radius 3 is 3.08 bits per heavy atom. The smallest absolute Gasteiger partial charge is 0.193 e. The SMILES string of the molecule is CN=C(NCCc1c[nH]c2cc(C)ccc12)N(C)CC1CCOC1. The number of H-pyrrole nitrogens is 1. The van der Waals surface area contributed by atoms with E-state index in [1.165, 1.54) is 22.0 Å². The van der Waals surface area contributed by atoms with E-state index in [2.05, 4.69) is 58.6 Å². The van der Waals surface area contributed by atoms with Gasteiger partial charge in [-0.2, -0.15) is 0 Å². The first kappa shape index (κ1) is 16.8. The number of rotatable bonds is 5.